The molecule has 0 spiro atoms. The van der Waals surface area contributed by atoms with E-state index < -0.39 is 11.7 Å². The number of nitrogens with one attached hydrogen (secondary N) is 1. The van der Waals surface area contributed by atoms with Crippen molar-refractivity contribution in [1.82, 2.24) is 4.98 Å². The second-order valence-electron chi connectivity index (χ2n) is 6.82. The average molecular weight is 357 g/mol. The first kappa shape index (κ1) is 17.8. The van der Waals surface area contributed by atoms with Crippen LogP contribution in [-0.2, 0) is 4.74 Å². The molecule has 1 aromatic carbocycles. The predicted molar refractivity (Wildman–Crippen MR) is 99.4 cm³/mol. The van der Waals surface area contributed by atoms with Gasteiger partial charge in [0.2, 0.25) is 5.75 Å². The number of carbonyl (C=O) groups is 1. The number of aromatic nitrogens is 1. The van der Waals surface area contributed by atoms with Crippen LogP contribution in [0.2, 0.25) is 0 Å². The van der Waals surface area contributed by atoms with Crippen LogP contribution in [0.5, 0.6) is 17.2 Å². The highest BCUT2D eigenvalue weighted by molar-refractivity contribution is 5.89. The summed E-state index contributed by atoms with van der Waals surface area (Å²) in [4.78, 5) is 18.2. The summed E-state index contributed by atoms with van der Waals surface area (Å²) in [6.07, 6.45) is 1.13. The fourth-order valence-electron chi connectivity index (χ4n) is 2.48. The normalized spacial score (nSPS) is 13.5. The van der Waals surface area contributed by atoms with E-state index in [2.05, 4.69) is 10.3 Å². The van der Waals surface area contributed by atoms with Gasteiger partial charge in [0.1, 0.15) is 18.0 Å². The van der Waals surface area contributed by atoms with Crippen molar-refractivity contribution in [3.8, 4) is 17.2 Å². The lowest BCUT2D eigenvalue weighted by Gasteiger charge is -2.31. The number of nitrogens with zero attached hydrogens (tertiary/aromatic N) is 2. The Kier molecular flexibility index (Phi) is 4.88. The molecule has 0 saturated carbocycles. The van der Waals surface area contributed by atoms with Gasteiger partial charge in [-0.1, -0.05) is 0 Å². The van der Waals surface area contributed by atoms with Crippen LogP contribution in [0.4, 0.5) is 16.3 Å². The maximum Gasteiger partial charge on any atom is 0.416 e. The van der Waals surface area contributed by atoms with Crippen molar-refractivity contribution in [3.05, 3.63) is 36.5 Å². The number of carbonyl (C=O) groups excluding carboxylic acids is 1. The quantitative estimate of drug-likeness (QED) is 0.893. The molecule has 138 valence electrons. The molecule has 1 aromatic heterocycles. The molecule has 7 nitrogen and oxygen atoms in total. The largest absolute Gasteiger partial charge is 0.484 e. The third kappa shape index (κ3) is 3.99. The smallest absolute Gasteiger partial charge is 0.416 e. The van der Waals surface area contributed by atoms with Crippen LogP contribution in [0.15, 0.2) is 36.5 Å². The van der Waals surface area contributed by atoms with Crippen LogP contribution in [0.25, 0.3) is 0 Å². The minimum atomic E-state index is -0.585. The number of hydrogen-bond donors (Lipinski definition) is 1. The van der Waals surface area contributed by atoms with Crippen LogP contribution in [0.1, 0.15) is 20.8 Å². The Labute approximate surface area is 152 Å². The molecule has 1 aliphatic heterocycles. The SMILES string of the molecule is CNc1ccc(Oc2ccnc3c2OCCN3C(=O)OC(C)(C)C)cc1. The van der Waals surface area contributed by atoms with E-state index in [9.17, 15) is 4.79 Å². The first-order valence-corrected chi connectivity index (χ1v) is 8.45. The Balaban J connectivity index is 1.86. The summed E-state index contributed by atoms with van der Waals surface area (Å²) < 4.78 is 17.1. The fraction of sp³-hybridized carbons (Fsp3) is 0.368. The minimum Gasteiger partial charge on any atom is -0.484 e. The zero-order chi connectivity index (χ0) is 18.7. The highest BCUT2D eigenvalue weighted by Gasteiger charge is 2.31. The van der Waals surface area contributed by atoms with Crippen molar-refractivity contribution in [1.29, 1.82) is 0 Å². The van der Waals surface area contributed by atoms with Gasteiger partial charge in [-0.05, 0) is 45.0 Å². The lowest BCUT2D eigenvalue weighted by atomic mass is 10.2. The van der Waals surface area contributed by atoms with Gasteiger partial charge in [0, 0.05) is 25.0 Å². The van der Waals surface area contributed by atoms with E-state index in [-0.39, 0.29) is 0 Å². The Morgan fingerprint density at radius 2 is 1.96 bits per heavy atom. The van der Waals surface area contributed by atoms with Crippen LogP contribution in [-0.4, -0.2) is 36.9 Å². The number of benzene rings is 1. The summed E-state index contributed by atoms with van der Waals surface area (Å²) in [5, 5.41) is 3.06. The van der Waals surface area contributed by atoms with E-state index in [0.717, 1.165) is 5.69 Å². The Bertz CT molecular complexity index is 784. The van der Waals surface area contributed by atoms with Crippen molar-refractivity contribution in [2.24, 2.45) is 0 Å². The maximum absolute atomic E-state index is 12.5. The molecule has 0 aliphatic carbocycles. The Morgan fingerprint density at radius 3 is 2.62 bits per heavy atom. The molecule has 0 atom stereocenters. The first-order valence-electron chi connectivity index (χ1n) is 8.45. The molecule has 0 unspecified atom stereocenters. The molecule has 1 amide bonds. The molecule has 1 N–H and O–H groups in total. The predicted octanol–water partition coefficient (Wildman–Crippen LogP) is 4.05. The van der Waals surface area contributed by atoms with Gasteiger partial charge in [0.05, 0.1) is 6.54 Å². The molecule has 0 fully saturated rings. The summed E-state index contributed by atoms with van der Waals surface area (Å²) in [6, 6.07) is 9.25. The molecule has 2 aromatic rings. The lowest BCUT2D eigenvalue weighted by Crippen LogP contribution is -2.42. The maximum atomic E-state index is 12.5. The van der Waals surface area contributed by atoms with Crippen LogP contribution in [0.3, 0.4) is 0 Å². The number of fused-ring (bicyclic) bond motifs is 1. The molecule has 0 radical (unpaired) electrons. The molecule has 3 rings (SSSR count). The average Bonchev–Trinajstić information content (AvgIpc) is 2.61. The van der Waals surface area contributed by atoms with Crippen molar-refractivity contribution in [3.63, 3.8) is 0 Å². The Hall–Kier alpha value is -2.96. The van der Waals surface area contributed by atoms with Gasteiger partial charge < -0.3 is 19.5 Å². The van der Waals surface area contributed by atoms with E-state index >= 15 is 0 Å². The molecule has 26 heavy (non-hydrogen) atoms. The summed E-state index contributed by atoms with van der Waals surface area (Å²) >= 11 is 0. The monoisotopic (exact) mass is 357 g/mol. The Morgan fingerprint density at radius 1 is 1.23 bits per heavy atom. The standard InChI is InChI=1S/C19H23N3O4/c1-19(2,3)26-18(23)22-11-12-24-16-15(9-10-21-17(16)22)25-14-7-5-13(20-4)6-8-14/h5-10,20H,11-12H2,1-4H3. The van der Waals surface area contributed by atoms with Crippen molar-refractivity contribution < 1.29 is 19.0 Å². The number of hydrogen-bond acceptors (Lipinski definition) is 6. The van der Waals surface area contributed by atoms with E-state index in [1.54, 1.807) is 12.3 Å². The molecular weight excluding hydrogens is 334 g/mol. The van der Waals surface area contributed by atoms with Gasteiger partial charge in [-0.25, -0.2) is 9.78 Å². The molecule has 1 aliphatic rings. The minimum absolute atomic E-state index is 0.340. The number of anilines is 2. The number of amides is 1. The second kappa shape index (κ2) is 7.11. The van der Waals surface area contributed by atoms with Crippen LogP contribution < -0.4 is 19.7 Å². The number of ether oxygens (including phenoxy) is 3. The zero-order valence-corrected chi connectivity index (χ0v) is 15.4. The van der Waals surface area contributed by atoms with Gasteiger partial charge in [-0.2, -0.15) is 0 Å². The molecule has 7 heteroatoms. The zero-order valence-electron chi connectivity index (χ0n) is 15.4. The fourth-order valence-corrected chi connectivity index (χ4v) is 2.48. The highest BCUT2D eigenvalue weighted by atomic mass is 16.6. The third-order valence-electron chi connectivity index (χ3n) is 3.65. The summed E-state index contributed by atoms with van der Waals surface area (Å²) in [6.45, 7) is 6.19. The van der Waals surface area contributed by atoms with Gasteiger partial charge in [-0.3, -0.25) is 4.90 Å². The van der Waals surface area contributed by atoms with E-state index in [4.69, 9.17) is 14.2 Å². The third-order valence-corrected chi connectivity index (χ3v) is 3.65. The highest BCUT2D eigenvalue weighted by Crippen LogP contribution is 2.40. The van der Waals surface area contributed by atoms with Gasteiger partial charge in [0.15, 0.2) is 11.6 Å². The van der Waals surface area contributed by atoms with Gasteiger partial charge in [-0.15, -0.1) is 0 Å². The van der Waals surface area contributed by atoms with Gasteiger partial charge >= 0.3 is 6.09 Å². The lowest BCUT2D eigenvalue weighted by molar-refractivity contribution is 0.0566. The van der Waals surface area contributed by atoms with Crippen molar-refractivity contribution in [2.45, 2.75) is 26.4 Å². The van der Waals surface area contributed by atoms with Crippen LogP contribution in [0, 0.1) is 0 Å². The molecule has 0 saturated heterocycles. The van der Waals surface area contributed by atoms with Crippen LogP contribution >= 0.6 is 0 Å². The summed E-state index contributed by atoms with van der Waals surface area (Å²) in [7, 11) is 1.86. The van der Waals surface area contributed by atoms with Crippen molar-refractivity contribution >= 4 is 17.6 Å². The van der Waals surface area contributed by atoms with Crippen molar-refractivity contribution in [2.75, 3.05) is 30.4 Å². The number of rotatable bonds is 3. The summed E-state index contributed by atoms with van der Waals surface area (Å²) in [5.41, 5.74) is 0.403. The first-order chi connectivity index (χ1) is 12.4. The number of pyridine rings is 1. The summed E-state index contributed by atoms with van der Waals surface area (Å²) in [5.74, 6) is 1.99. The molecule has 2 heterocycles. The molecular formula is C19H23N3O4. The van der Waals surface area contributed by atoms with E-state index in [1.807, 2.05) is 52.1 Å². The topological polar surface area (TPSA) is 72.9 Å². The van der Waals surface area contributed by atoms with E-state index in [1.165, 1.54) is 4.90 Å². The second-order valence-corrected chi connectivity index (χ2v) is 6.82. The van der Waals surface area contributed by atoms with E-state index in [0.29, 0.717) is 36.2 Å². The van der Waals surface area contributed by atoms with Gasteiger partial charge in [0.25, 0.3) is 0 Å². The molecule has 0 bridgehead atoms.